The Hall–Kier alpha value is -1.75. The van der Waals surface area contributed by atoms with Crippen LogP contribution in [0.15, 0.2) is 24.5 Å². The van der Waals surface area contributed by atoms with Gasteiger partial charge in [0.25, 0.3) is 0 Å². The highest BCUT2D eigenvalue weighted by molar-refractivity contribution is 5.71. The van der Waals surface area contributed by atoms with E-state index in [1.54, 1.807) is 12.4 Å². The molecule has 0 bridgehead atoms. The molecule has 1 aliphatic rings. The number of aliphatic hydroxyl groups is 1. The van der Waals surface area contributed by atoms with Gasteiger partial charge in [0.05, 0.1) is 0 Å². The fourth-order valence-corrected chi connectivity index (χ4v) is 2.74. The third kappa shape index (κ3) is 2.66. The van der Waals surface area contributed by atoms with Crippen molar-refractivity contribution in [3.8, 4) is 0 Å². The molecule has 1 fully saturated rings. The predicted molar refractivity (Wildman–Crippen MR) is 73.8 cm³/mol. The van der Waals surface area contributed by atoms with Gasteiger partial charge in [-0.1, -0.05) is 12.8 Å². The van der Waals surface area contributed by atoms with Crippen LogP contribution in [0, 0.1) is 5.92 Å². The zero-order valence-electron chi connectivity index (χ0n) is 10.8. The number of aromatic nitrogens is 3. The molecule has 19 heavy (non-hydrogen) atoms. The third-order valence-corrected chi connectivity index (χ3v) is 3.81. The van der Waals surface area contributed by atoms with Crippen molar-refractivity contribution in [2.75, 3.05) is 11.9 Å². The predicted octanol–water partition coefficient (Wildman–Crippen LogP) is 1.99. The highest BCUT2D eigenvalue weighted by Crippen LogP contribution is 2.26. The van der Waals surface area contributed by atoms with Crippen molar-refractivity contribution in [1.29, 1.82) is 0 Å². The summed E-state index contributed by atoms with van der Waals surface area (Å²) in [6.45, 7) is 0.241. The Labute approximate surface area is 112 Å². The van der Waals surface area contributed by atoms with Crippen LogP contribution >= 0.6 is 0 Å². The monoisotopic (exact) mass is 258 g/mol. The summed E-state index contributed by atoms with van der Waals surface area (Å²) in [6.07, 6.45) is 7.91. The van der Waals surface area contributed by atoms with Crippen LogP contribution in [0.3, 0.4) is 0 Å². The first-order chi connectivity index (χ1) is 9.36. The summed E-state index contributed by atoms with van der Waals surface area (Å²) in [7, 11) is 0. The number of rotatable bonds is 3. The zero-order valence-corrected chi connectivity index (χ0v) is 10.8. The number of pyridine rings is 1. The number of aliphatic hydroxyl groups excluding tert-OH is 1. The summed E-state index contributed by atoms with van der Waals surface area (Å²) >= 11 is 0. The quantitative estimate of drug-likeness (QED) is 0.881. The van der Waals surface area contributed by atoms with Crippen molar-refractivity contribution in [3.05, 3.63) is 24.5 Å². The summed E-state index contributed by atoms with van der Waals surface area (Å²) in [5.74, 6) is 1.14. The minimum atomic E-state index is 0.241. The topological polar surface area (TPSA) is 70.9 Å². The first-order valence-corrected chi connectivity index (χ1v) is 6.82. The summed E-state index contributed by atoms with van der Waals surface area (Å²) < 4.78 is 0. The van der Waals surface area contributed by atoms with Crippen LogP contribution in [0.25, 0.3) is 11.2 Å². The molecule has 1 aliphatic carbocycles. The van der Waals surface area contributed by atoms with Crippen molar-refractivity contribution in [2.24, 2.45) is 5.92 Å². The second kappa shape index (κ2) is 5.48. The maximum absolute atomic E-state index is 9.43. The van der Waals surface area contributed by atoms with Gasteiger partial charge in [0.1, 0.15) is 11.3 Å². The van der Waals surface area contributed by atoms with Gasteiger partial charge in [-0.3, -0.25) is 4.98 Å². The molecule has 5 nitrogen and oxygen atoms in total. The molecule has 0 spiro atoms. The molecule has 5 heteroatoms. The van der Waals surface area contributed by atoms with E-state index >= 15 is 0 Å². The number of nitrogens with zero attached hydrogens (tertiary/aromatic N) is 3. The highest BCUT2D eigenvalue weighted by Gasteiger charge is 2.24. The van der Waals surface area contributed by atoms with Crippen LogP contribution < -0.4 is 5.32 Å². The lowest BCUT2D eigenvalue weighted by atomic mass is 9.85. The molecule has 2 N–H and O–H groups in total. The highest BCUT2D eigenvalue weighted by atomic mass is 16.3. The van der Waals surface area contributed by atoms with Gasteiger partial charge in [-0.05, 0) is 25.0 Å². The van der Waals surface area contributed by atoms with Crippen molar-refractivity contribution >= 4 is 17.0 Å². The molecule has 0 aromatic carbocycles. The van der Waals surface area contributed by atoms with Gasteiger partial charge in [0.2, 0.25) is 0 Å². The van der Waals surface area contributed by atoms with Crippen LogP contribution in [-0.4, -0.2) is 32.7 Å². The van der Waals surface area contributed by atoms with Gasteiger partial charge in [-0.2, -0.15) is 0 Å². The second-order valence-electron chi connectivity index (χ2n) is 5.07. The molecule has 2 heterocycles. The molecule has 0 saturated heterocycles. The van der Waals surface area contributed by atoms with E-state index in [9.17, 15) is 5.11 Å². The van der Waals surface area contributed by atoms with Gasteiger partial charge in [0, 0.05) is 31.0 Å². The SMILES string of the molecule is OC[C@H]1CCCC[C@H]1Nc1ccc2nccnc2n1. The number of hydrogen-bond donors (Lipinski definition) is 2. The van der Waals surface area contributed by atoms with Crippen molar-refractivity contribution < 1.29 is 5.11 Å². The summed E-state index contributed by atoms with van der Waals surface area (Å²) in [6, 6.07) is 4.16. The first kappa shape index (κ1) is 12.3. The smallest absolute Gasteiger partial charge is 0.180 e. The summed E-state index contributed by atoms with van der Waals surface area (Å²) in [5, 5.41) is 12.9. The average Bonchev–Trinajstić information content (AvgIpc) is 2.48. The second-order valence-corrected chi connectivity index (χ2v) is 5.07. The van der Waals surface area contributed by atoms with E-state index in [1.807, 2.05) is 12.1 Å². The number of hydrogen-bond acceptors (Lipinski definition) is 5. The minimum absolute atomic E-state index is 0.241. The normalized spacial score (nSPS) is 23.4. The Balaban J connectivity index is 1.80. The molecule has 2 atom stereocenters. The van der Waals surface area contributed by atoms with Gasteiger partial charge >= 0.3 is 0 Å². The molecule has 0 radical (unpaired) electrons. The fourth-order valence-electron chi connectivity index (χ4n) is 2.74. The van der Waals surface area contributed by atoms with Crippen molar-refractivity contribution in [3.63, 3.8) is 0 Å². The maximum Gasteiger partial charge on any atom is 0.180 e. The summed E-state index contributed by atoms with van der Waals surface area (Å²) in [5.41, 5.74) is 1.46. The van der Waals surface area contributed by atoms with E-state index in [4.69, 9.17) is 0 Å². The van der Waals surface area contributed by atoms with Crippen LogP contribution in [-0.2, 0) is 0 Å². The number of nitrogens with one attached hydrogen (secondary N) is 1. The lowest BCUT2D eigenvalue weighted by Crippen LogP contribution is -2.34. The molecule has 100 valence electrons. The zero-order chi connectivity index (χ0) is 13.1. The van der Waals surface area contributed by atoms with Crippen molar-refractivity contribution in [2.45, 2.75) is 31.7 Å². The molecule has 1 saturated carbocycles. The van der Waals surface area contributed by atoms with E-state index in [0.29, 0.717) is 17.6 Å². The molecule has 3 rings (SSSR count). The van der Waals surface area contributed by atoms with Gasteiger partial charge in [0.15, 0.2) is 5.65 Å². The number of fused-ring (bicyclic) bond motifs is 1. The van der Waals surface area contributed by atoms with Crippen LogP contribution in [0.2, 0.25) is 0 Å². The fraction of sp³-hybridized carbons (Fsp3) is 0.500. The molecule has 2 aromatic heterocycles. The van der Waals surface area contributed by atoms with E-state index < -0.39 is 0 Å². The molecule has 0 aliphatic heterocycles. The Morgan fingerprint density at radius 1 is 1.16 bits per heavy atom. The summed E-state index contributed by atoms with van der Waals surface area (Å²) in [4.78, 5) is 12.9. The molecule has 2 aromatic rings. The standard InChI is InChI=1S/C14H18N4O/c19-9-10-3-1-2-4-11(10)17-13-6-5-12-14(18-13)16-8-7-15-12/h5-8,10-11,19H,1-4,9H2,(H,16,17,18)/t10-,11-/m1/s1. The number of anilines is 1. The Morgan fingerprint density at radius 2 is 2.00 bits per heavy atom. The molecule has 0 unspecified atom stereocenters. The largest absolute Gasteiger partial charge is 0.396 e. The van der Waals surface area contributed by atoms with Crippen molar-refractivity contribution in [1.82, 2.24) is 15.0 Å². The molecular formula is C14H18N4O. The molecular weight excluding hydrogens is 240 g/mol. The Bertz CT molecular complexity index is 560. The minimum Gasteiger partial charge on any atom is -0.396 e. The lowest BCUT2D eigenvalue weighted by Gasteiger charge is -2.31. The lowest BCUT2D eigenvalue weighted by molar-refractivity contribution is 0.178. The van der Waals surface area contributed by atoms with Crippen LogP contribution in [0.1, 0.15) is 25.7 Å². The Kier molecular flexibility index (Phi) is 3.55. The van der Waals surface area contributed by atoms with Gasteiger partial charge in [-0.25, -0.2) is 9.97 Å². The van der Waals surface area contributed by atoms with E-state index in [-0.39, 0.29) is 6.61 Å². The van der Waals surface area contributed by atoms with Crippen LogP contribution in [0.5, 0.6) is 0 Å². The third-order valence-electron chi connectivity index (χ3n) is 3.81. The van der Waals surface area contributed by atoms with E-state index in [1.165, 1.54) is 12.8 Å². The molecule has 0 amide bonds. The Morgan fingerprint density at radius 3 is 2.89 bits per heavy atom. The van der Waals surface area contributed by atoms with Gasteiger partial charge in [-0.15, -0.1) is 0 Å². The van der Waals surface area contributed by atoms with Crippen LogP contribution in [0.4, 0.5) is 5.82 Å². The van der Waals surface area contributed by atoms with Gasteiger partial charge < -0.3 is 10.4 Å². The van der Waals surface area contributed by atoms with E-state index in [2.05, 4.69) is 20.3 Å². The first-order valence-electron chi connectivity index (χ1n) is 6.82. The van der Waals surface area contributed by atoms with E-state index in [0.717, 1.165) is 24.2 Å². The maximum atomic E-state index is 9.43. The average molecular weight is 258 g/mol.